The largest absolute Gasteiger partial charge is 0.340 e. The summed E-state index contributed by atoms with van der Waals surface area (Å²) in [4.78, 5) is 13.6. The number of hydrogen-bond donors (Lipinski definition) is 0. The third-order valence-corrected chi connectivity index (χ3v) is 3.86. The Kier molecular flexibility index (Phi) is 4.30. The fraction of sp³-hybridized carbons (Fsp3) is 0.909. The molecule has 14 heavy (non-hydrogen) atoms. The van der Waals surface area contributed by atoms with E-state index in [4.69, 9.17) is 0 Å². The SMILES string of the molecule is CC(C)SCC1CC(=O)N(C(C)C)C1. The van der Waals surface area contributed by atoms with Crippen LogP contribution in [0.3, 0.4) is 0 Å². The Morgan fingerprint density at radius 1 is 1.43 bits per heavy atom. The first-order valence-corrected chi connectivity index (χ1v) is 6.46. The molecule has 1 aliphatic rings. The zero-order valence-corrected chi connectivity index (χ0v) is 10.4. The van der Waals surface area contributed by atoms with Gasteiger partial charge in [0.05, 0.1) is 0 Å². The van der Waals surface area contributed by atoms with E-state index >= 15 is 0 Å². The highest BCUT2D eigenvalue weighted by Gasteiger charge is 2.30. The summed E-state index contributed by atoms with van der Waals surface area (Å²) in [5.74, 6) is 2.05. The Morgan fingerprint density at radius 2 is 2.07 bits per heavy atom. The molecule has 1 rings (SSSR count). The quantitative estimate of drug-likeness (QED) is 0.717. The predicted molar refractivity (Wildman–Crippen MR) is 62.6 cm³/mol. The average molecular weight is 215 g/mol. The highest BCUT2D eigenvalue weighted by Crippen LogP contribution is 2.25. The number of likely N-dealkylation sites (tertiary alicyclic amines) is 1. The van der Waals surface area contributed by atoms with Crippen LogP contribution in [0.1, 0.15) is 34.1 Å². The molecular weight excluding hydrogens is 194 g/mol. The molecule has 0 bridgehead atoms. The Bertz CT molecular complexity index is 203. The molecule has 0 saturated carbocycles. The molecule has 0 radical (unpaired) electrons. The van der Waals surface area contributed by atoms with Crippen LogP contribution in [0.25, 0.3) is 0 Å². The number of amides is 1. The van der Waals surface area contributed by atoms with Crippen molar-refractivity contribution in [3.05, 3.63) is 0 Å². The van der Waals surface area contributed by atoms with Crippen molar-refractivity contribution in [2.45, 2.75) is 45.4 Å². The van der Waals surface area contributed by atoms with E-state index < -0.39 is 0 Å². The minimum absolute atomic E-state index is 0.342. The predicted octanol–water partition coefficient (Wildman–Crippen LogP) is 2.38. The van der Waals surface area contributed by atoms with Gasteiger partial charge in [-0.25, -0.2) is 0 Å². The van der Waals surface area contributed by atoms with Crippen LogP contribution in [0, 0.1) is 5.92 Å². The Balaban J connectivity index is 2.35. The zero-order chi connectivity index (χ0) is 10.7. The second-order valence-electron chi connectivity index (χ2n) is 4.59. The molecule has 0 aromatic heterocycles. The van der Waals surface area contributed by atoms with E-state index in [9.17, 15) is 4.79 Å². The Labute approximate surface area is 91.4 Å². The van der Waals surface area contributed by atoms with Crippen LogP contribution < -0.4 is 0 Å². The molecule has 1 atom stereocenters. The summed E-state index contributed by atoms with van der Waals surface area (Å²) in [7, 11) is 0. The van der Waals surface area contributed by atoms with Crippen molar-refractivity contribution >= 4 is 17.7 Å². The summed E-state index contributed by atoms with van der Waals surface area (Å²) >= 11 is 1.97. The van der Waals surface area contributed by atoms with E-state index in [0.29, 0.717) is 23.1 Å². The molecule has 3 heteroatoms. The molecule has 1 saturated heterocycles. The van der Waals surface area contributed by atoms with Gasteiger partial charge in [0.15, 0.2) is 0 Å². The minimum Gasteiger partial charge on any atom is -0.340 e. The van der Waals surface area contributed by atoms with Crippen molar-refractivity contribution in [2.24, 2.45) is 5.92 Å². The van der Waals surface area contributed by atoms with Gasteiger partial charge in [0, 0.05) is 19.0 Å². The highest BCUT2D eigenvalue weighted by molar-refractivity contribution is 7.99. The number of carbonyl (C=O) groups is 1. The second-order valence-corrected chi connectivity index (χ2v) is 6.20. The molecular formula is C11H21NOS. The molecule has 1 aliphatic heterocycles. The van der Waals surface area contributed by atoms with Gasteiger partial charge in [-0.2, -0.15) is 11.8 Å². The lowest BCUT2D eigenvalue weighted by Crippen LogP contribution is -2.32. The normalized spacial score (nSPS) is 22.9. The van der Waals surface area contributed by atoms with Gasteiger partial charge in [0.1, 0.15) is 0 Å². The fourth-order valence-electron chi connectivity index (χ4n) is 1.75. The van der Waals surface area contributed by atoms with Crippen LogP contribution in [0.4, 0.5) is 0 Å². The van der Waals surface area contributed by atoms with E-state index in [2.05, 4.69) is 27.7 Å². The molecule has 82 valence electrons. The fourth-order valence-corrected chi connectivity index (χ4v) is 2.63. The van der Waals surface area contributed by atoms with Crippen LogP contribution in [0.2, 0.25) is 0 Å². The summed E-state index contributed by atoms with van der Waals surface area (Å²) < 4.78 is 0. The van der Waals surface area contributed by atoms with Gasteiger partial charge >= 0.3 is 0 Å². The van der Waals surface area contributed by atoms with Crippen molar-refractivity contribution in [3.8, 4) is 0 Å². The van der Waals surface area contributed by atoms with E-state index in [1.54, 1.807) is 0 Å². The lowest BCUT2D eigenvalue weighted by molar-refractivity contribution is -0.129. The van der Waals surface area contributed by atoms with Gasteiger partial charge in [-0.3, -0.25) is 4.79 Å². The van der Waals surface area contributed by atoms with Gasteiger partial charge in [-0.05, 0) is 30.8 Å². The van der Waals surface area contributed by atoms with E-state index in [1.165, 1.54) is 0 Å². The Hall–Kier alpha value is -0.180. The number of nitrogens with zero attached hydrogens (tertiary/aromatic N) is 1. The van der Waals surface area contributed by atoms with Gasteiger partial charge in [-0.1, -0.05) is 13.8 Å². The summed E-state index contributed by atoms with van der Waals surface area (Å²) in [5.41, 5.74) is 0. The molecule has 0 aliphatic carbocycles. The molecule has 1 fully saturated rings. The third kappa shape index (κ3) is 3.19. The third-order valence-electron chi connectivity index (χ3n) is 2.53. The van der Waals surface area contributed by atoms with Crippen LogP contribution in [-0.2, 0) is 4.79 Å². The summed E-state index contributed by atoms with van der Waals surface area (Å²) in [6.45, 7) is 9.57. The first-order valence-electron chi connectivity index (χ1n) is 5.41. The maximum atomic E-state index is 11.6. The number of carbonyl (C=O) groups excluding carboxylic acids is 1. The van der Waals surface area contributed by atoms with E-state index in [0.717, 1.165) is 18.7 Å². The van der Waals surface area contributed by atoms with Crippen molar-refractivity contribution in [2.75, 3.05) is 12.3 Å². The molecule has 1 amide bonds. The maximum absolute atomic E-state index is 11.6. The van der Waals surface area contributed by atoms with Crippen molar-refractivity contribution < 1.29 is 4.79 Å². The molecule has 0 spiro atoms. The van der Waals surface area contributed by atoms with Crippen LogP contribution in [0.15, 0.2) is 0 Å². The van der Waals surface area contributed by atoms with Gasteiger partial charge in [0.25, 0.3) is 0 Å². The van der Waals surface area contributed by atoms with Crippen LogP contribution >= 0.6 is 11.8 Å². The summed E-state index contributed by atoms with van der Waals surface area (Å²) in [5, 5.41) is 0.679. The number of hydrogen-bond acceptors (Lipinski definition) is 2. The van der Waals surface area contributed by atoms with Crippen LogP contribution in [-0.4, -0.2) is 34.4 Å². The molecule has 0 aromatic carbocycles. The molecule has 1 unspecified atom stereocenters. The van der Waals surface area contributed by atoms with Gasteiger partial charge in [-0.15, -0.1) is 0 Å². The first-order chi connectivity index (χ1) is 6.50. The molecule has 0 N–H and O–H groups in total. The minimum atomic E-state index is 0.342. The standard InChI is InChI=1S/C11H21NOS/c1-8(2)12-6-10(5-11(12)13)7-14-9(3)4/h8-10H,5-7H2,1-4H3. The van der Waals surface area contributed by atoms with Crippen LogP contribution in [0.5, 0.6) is 0 Å². The second kappa shape index (κ2) is 5.06. The van der Waals surface area contributed by atoms with E-state index in [1.807, 2.05) is 16.7 Å². The molecule has 2 nitrogen and oxygen atoms in total. The topological polar surface area (TPSA) is 20.3 Å². The van der Waals surface area contributed by atoms with Gasteiger partial charge in [0.2, 0.25) is 5.91 Å². The maximum Gasteiger partial charge on any atom is 0.223 e. The summed E-state index contributed by atoms with van der Waals surface area (Å²) in [6, 6.07) is 0.372. The highest BCUT2D eigenvalue weighted by atomic mass is 32.2. The Morgan fingerprint density at radius 3 is 2.50 bits per heavy atom. The number of thioether (sulfide) groups is 1. The monoisotopic (exact) mass is 215 g/mol. The zero-order valence-electron chi connectivity index (χ0n) is 9.62. The summed E-state index contributed by atoms with van der Waals surface area (Å²) in [6.07, 6.45) is 0.762. The lowest BCUT2D eigenvalue weighted by atomic mass is 10.1. The van der Waals surface area contributed by atoms with Gasteiger partial charge < -0.3 is 4.90 Å². The van der Waals surface area contributed by atoms with Crippen molar-refractivity contribution in [3.63, 3.8) is 0 Å². The smallest absolute Gasteiger partial charge is 0.223 e. The van der Waals surface area contributed by atoms with Crippen molar-refractivity contribution in [1.29, 1.82) is 0 Å². The number of rotatable bonds is 4. The molecule has 1 heterocycles. The molecule has 0 aromatic rings. The lowest BCUT2D eigenvalue weighted by Gasteiger charge is -2.21. The van der Waals surface area contributed by atoms with Crippen molar-refractivity contribution in [1.82, 2.24) is 4.90 Å². The first kappa shape index (κ1) is 11.9. The van der Waals surface area contributed by atoms with E-state index in [-0.39, 0.29) is 0 Å². The average Bonchev–Trinajstić information content (AvgIpc) is 2.43.